The standard InChI is InChI=1S/C18H24Br4O/c1-15(2)6-17(5)8-18(22,7-15)10-9(13(17)20)12(19)16(3,4)14(21)11(10)23/h12-14H,6-8H2,1-5H3. The maximum atomic E-state index is 13.3. The van der Waals surface area contributed by atoms with Crippen molar-refractivity contribution >= 4 is 69.5 Å². The van der Waals surface area contributed by atoms with Crippen LogP contribution in [0.25, 0.3) is 0 Å². The van der Waals surface area contributed by atoms with E-state index in [1.165, 1.54) is 12.0 Å². The van der Waals surface area contributed by atoms with E-state index in [1.807, 2.05) is 0 Å². The number of hydrogen-bond acceptors (Lipinski definition) is 1. The molecule has 0 spiro atoms. The van der Waals surface area contributed by atoms with Crippen molar-refractivity contribution in [1.82, 2.24) is 0 Å². The lowest BCUT2D eigenvalue weighted by Gasteiger charge is -2.60. The number of rotatable bonds is 0. The molecule has 3 aliphatic carbocycles. The van der Waals surface area contributed by atoms with Crippen molar-refractivity contribution in [2.75, 3.05) is 0 Å². The average molecular weight is 576 g/mol. The minimum Gasteiger partial charge on any atom is -0.293 e. The summed E-state index contributed by atoms with van der Waals surface area (Å²) in [7, 11) is 0. The second-order valence-corrected chi connectivity index (χ2v) is 13.7. The van der Waals surface area contributed by atoms with E-state index in [0.29, 0.717) is 0 Å². The van der Waals surface area contributed by atoms with Crippen molar-refractivity contribution in [1.29, 1.82) is 0 Å². The quantitative estimate of drug-likeness (QED) is 0.300. The van der Waals surface area contributed by atoms with Crippen LogP contribution < -0.4 is 0 Å². The molecule has 1 fully saturated rings. The van der Waals surface area contributed by atoms with Gasteiger partial charge in [0.2, 0.25) is 0 Å². The summed E-state index contributed by atoms with van der Waals surface area (Å²) in [6, 6.07) is 0. The van der Waals surface area contributed by atoms with Gasteiger partial charge in [-0.15, -0.1) is 0 Å². The lowest BCUT2D eigenvalue weighted by Crippen LogP contribution is -2.60. The Kier molecular flexibility index (Phi) is 4.50. The van der Waals surface area contributed by atoms with Crippen LogP contribution in [-0.4, -0.2) is 24.6 Å². The Morgan fingerprint density at radius 3 is 2.00 bits per heavy atom. The van der Waals surface area contributed by atoms with Crippen molar-refractivity contribution in [3.8, 4) is 0 Å². The fourth-order valence-corrected chi connectivity index (χ4v) is 10.0. The molecule has 0 heterocycles. The van der Waals surface area contributed by atoms with Crippen LogP contribution in [0.4, 0.5) is 0 Å². The number of fused-ring (bicyclic) bond motifs is 3. The van der Waals surface area contributed by atoms with E-state index in [-0.39, 0.29) is 40.8 Å². The molecule has 0 aromatic carbocycles. The van der Waals surface area contributed by atoms with Crippen molar-refractivity contribution in [3.05, 3.63) is 11.1 Å². The van der Waals surface area contributed by atoms with Crippen molar-refractivity contribution in [2.45, 2.75) is 72.7 Å². The van der Waals surface area contributed by atoms with Gasteiger partial charge in [0.15, 0.2) is 5.78 Å². The highest BCUT2D eigenvalue weighted by molar-refractivity contribution is 9.11. The second kappa shape index (κ2) is 5.42. The van der Waals surface area contributed by atoms with Gasteiger partial charge in [-0.3, -0.25) is 4.79 Å². The van der Waals surface area contributed by atoms with Crippen LogP contribution in [0, 0.1) is 16.2 Å². The number of allylic oxidation sites excluding steroid dienone is 2. The molecule has 0 N–H and O–H groups in total. The highest BCUT2D eigenvalue weighted by Crippen LogP contribution is 2.67. The zero-order valence-electron chi connectivity index (χ0n) is 14.3. The van der Waals surface area contributed by atoms with Gasteiger partial charge in [0, 0.05) is 20.6 Å². The van der Waals surface area contributed by atoms with Gasteiger partial charge >= 0.3 is 0 Å². The SMILES string of the molecule is CC1(C)CC2(Br)CC(C)(C1)C(Br)C1=C2C(=O)C(Br)C(C)(C)C1Br. The predicted octanol–water partition coefficient (Wildman–Crippen LogP) is 6.55. The first-order chi connectivity index (χ1) is 10.3. The number of Topliss-reactive ketones (excluding diaryl/α,β-unsaturated/α-hetero) is 1. The number of ketones is 1. The molecule has 0 saturated heterocycles. The van der Waals surface area contributed by atoms with Gasteiger partial charge in [-0.2, -0.15) is 0 Å². The van der Waals surface area contributed by atoms with Gasteiger partial charge in [-0.1, -0.05) is 98.3 Å². The van der Waals surface area contributed by atoms with Crippen LogP contribution in [0.5, 0.6) is 0 Å². The molecular formula is C18H24Br4O. The zero-order chi connectivity index (χ0) is 17.6. The summed E-state index contributed by atoms with van der Waals surface area (Å²) in [4.78, 5) is 13.6. The monoisotopic (exact) mass is 572 g/mol. The lowest BCUT2D eigenvalue weighted by atomic mass is 9.51. The molecule has 2 bridgehead atoms. The van der Waals surface area contributed by atoms with Crippen LogP contribution in [0.2, 0.25) is 0 Å². The summed E-state index contributed by atoms with van der Waals surface area (Å²) >= 11 is 15.7. The molecule has 0 aromatic rings. The third kappa shape index (κ3) is 2.65. The van der Waals surface area contributed by atoms with Crippen LogP contribution in [0.15, 0.2) is 11.1 Å². The van der Waals surface area contributed by atoms with E-state index in [0.717, 1.165) is 18.4 Å². The number of halogens is 4. The van der Waals surface area contributed by atoms with Gasteiger partial charge in [0.1, 0.15) is 0 Å². The summed E-state index contributed by atoms with van der Waals surface area (Å²) in [5.74, 6) is 0.266. The van der Waals surface area contributed by atoms with Crippen LogP contribution in [0.3, 0.4) is 0 Å². The summed E-state index contributed by atoms with van der Waals surface area (Å²) in [5.41, 5.74) is 2.52. The minimum atomic E-state index is -0.200. The molecule has 5 heteroatoms. The smallest absolute Gasteiger partial charge is 0.174 e. The van der Waals surface area contributed by atoms with Gasteiger partial charge < -0.3 is 0 Å². The molecule has 3 aliphatic rings. The normalized spacial score (nSPS) is 48.2. The maximum absolute atomic E-state index is 13.3. The molecule has 1 nitrogen and oxygen atoms in total. The summed E-state index contributed by atoms with van der Waals surface area (Å²) in [6.45, 7) is 11.4. The molecule has 130 valence electrons. The predicted molar refractivity (Wildman–Crippen MR) is 111 cm³/mol. The lowest BCUT2D eigenvalue weighted by molar-refractivity contribution is -0.118. The molecule has 0 radical (unpaired) electrons. The summed E-state index contributed by atoms with van der Waals surface area (Å²) < 4.78 is -0.200. The number of carbonyl (C=O) groups is 1. The molecule has 0 aromatic heterocycles. The van der Waals surface area contributed by atoms with E-state index >= 15 is 0 Å². The van der Waals surface area contributed by atoms with Crippen LogP contribution in [-0.2, 0) is 4.79 Å². The summed E-state index contributed by atoms with van der Waals surface area (Å²) in [6.07, 6.45) is 3.20. The van der Waals surface area contributed by atoms with Gasteiger partial charge in [0.25, 0.3) is 0 Å². The Morgan fingerprint density at radius 1 is 0.870 bits per heavy atom. The Bertz CT molecular complexity index is 608. The zero-order valence-corrected chi connectivity index (χ0v) is 20.6. The highest BCUT2D eigenvalue weighted by Gasteiger charge is 2.63. The third-order valence-electron chi connectivity index (χ3n) is 6.00. The first-order valence-electron chi connectivity index (χ1n) is 8.15. The topological polar surface area (TPSA) is 17.1 Å². The molecule has 23 heavy (non-hydrogen) atoms. The molecule has 0 aliphatic heterocycles. The van der Waals surface area contributed by atoms with Crippen molar-refractivity contribution in [3.63, 3.8) is 0 Å². The van der Waals surface area contributed by atoms with E-state index in [9.17, 15) is 4.79 Å². The van der Waals surface area contributed by atoms with Gasteiger partial charge in [-0.25, -0.2) is 0 Å². The van der Waals surface area contributed by atoms with E-state index < -0.39 is 0 Å². The number of carbonyl (C=O) groups excluding carboxylic acids is 1. The molecule has 3 rings (SSSR count). The molecular weight excluding hydrogens is 552 g/mol. The van der Waals surface area contributed by atoms with Crippen LogP contribution >= 0.6 is 63.7 Å². The van der Waals surface area contributed by atoms with E-state index in [4.69, 9.17) is 0 Å². The molecule has 5 unspecified atom stereocenters. The number of hydrogen-bond donors (Lipinski definition) is 0. The Balaban J connectivity index is 2.27. The largest absolute Gasteiger partial charge is 0.293 e. The van der Waals surface area contributed by atoms with E-state index in [1.54, 1.807) is 0 Å². The van der Waals surface area contributed by atoms with Gasteiger partial charge in [0.05, 0.1) is 9.15 Å². The minimum absolute atomic E-state index is 0.150. The van der Waals surface area contributed by atoms with Crippen LogP contribution in [0.1, 0.15) is 53.9 Å². The highest BCUT2D eigenvalue weighted by atomic mass is 79.9. The van der Waals surface area contributed by atoms with Crippen molar-refractivity contribution < 1.29 is 4.79 Å². The number of alkyl halides is 4. The summed E-state index contributed by atoms with van der Waals surface area (Å²) in [5, 5.41) is 0. The maximum Gasteiger partial charge on any atom is 0.174 e. The third-order valence-corrected chi connectivity index (χ3v) is 11.8. The first kappa shape index (κ1) is 19.1. The Morgan fingerprint density at radius 2 is 1.43 bits per heavy atom. The van der Waals surface area contributed by atoms with Crippen molar-refractivity contribution in [2.24, 2.45) is 16.2 Å². The average Bonchev–Trinajstić information content (AvgIpc) is 2.36. The molecule has 0 amide bonds. The second-order valence-electron chi connectivity index (χ2n) is 9.42. The molecule has 1 saturated carbocycles. The van der Waals surface area contributed by atoms with Gasteiger partial charge in [-0.05, 0) is 35.7 Å². The fraction of sp³-hybridized carbons (Fsp3) is 0.833. The first-order valence-corrected chi connectivity index (χ1v) is 11.7. The fourth-order valence-electron chi connectivity index (χ4n) is 5.41. The van der Waals surface area contributed by atoms with E-state index in [2.05, 4.69) is 98.3 Å². The molecule has 5 atom stereocenters. The Labute approximate surface area is 173 Å². The Hall–Kier alpha value is 1.33.